The second-order valence-corrected chi connectivity index (χ2v) is 5.11. The van der Waals surface area contributed by atoms with Gasteiger partial charge < -0.3 is 0 Å². The normalized spacial score (nSPS) is 16.2. The summed E-state index contributed by atoms with van der Waals surface area (Å²) >= 11 is 4.92. The third-order valence-electron chi connectivity index (χ3n) is 1.19. The Balaban J connectivity index is 2.04. The zero-order chi connectivity index (χ0) is 8.23. The third kappa shape index (κ3) is 2.20. The van der Waals surface area contributed by atoms with Crippen molar-refractivity contribution in [3.05, 3.63) is 34.0 Å². The van der Waals surface area contributed by atoms with E-state index in [0.717, 1.165) is 5.03 Å². The second-order valence-electron chi connectivity index (χ2n) is 2.01. The Morgan fingerprint density at radius 2 is 2.42 bits per heavy atom. The van der Waals surface area contributed by atoms with Crippen LogP contribution in [0, 0.1) is 0 Å². The molecule has 0 aliphatic carbocycles. The van der Waals surface area contributed by atoms with Gasteiger partial charge in [-0.05, 0) is 36.0 Å². The topological polar surface area (TPSA) is 24.9 Å². The Morgan fingerprint density at radius 3 is 3.08 bits per heavy atom. The van der Waals surface area contributed by atoms with E-state index in [4.69, 9.17) is 0 Å². The van der Waals surface area contributed by atoms with E-state index >= 15 is 0 Å². The second kappa shape index (κ2) is 4.23. The fourth-order valence-corrected chi connectivity index (χ4v) is 3.40. The van der Waals surface area contributed by atoms with E-state index in [1.165, 1.54) is 4.24 Å². The summed E-state index contributed by atoms with van der Waals surface area (Å²) in [5.41, 5.74) is 0. The number of hydrogen-bond donors (Lipinski definition) is 1. The largest absolute Gasteiger partial charge is 0.250 e. The molecular weight excluding hydrogens is 208 g/mol. The van der Waals surface area contributed by atoms with Crippen LogP contribution in [0.5, 0.6) is 0 Å². The van der Waals surface area contributed by atoms with Crippen LogP contribution in [-0.2, 0) is 0 Å². The van der Waals surface area contributed by atoms with Gasteiger partial charge in [0.15, 0.2) is 0 Å². The van der Waals surface area contributed by atoms with E-state index in [9.17, 15) is 0 Å². The lowest BCUT2D eigenvalue weighted by Crippen LogP contribution is -1.78. The molecule has 0 saturated heterocycles. The smallest absolute Gasteiger partial charge is 0.101 e. The minimum Gasteiger partial charge on any atom is -0.250 e. The van der Waals surface area contributed by atoms with Gasteiger partial charge in [0, 0.05) is 11.6 Å². The van der Waals surface area contributed by atoms with Crippen LogP contribution >= 0.6 is 35.7 Å². The molecule has 0 radical (unpaired) electrons. The standard InChI is InChI=1S/C7H6N2S3/c1-2-4-8-6(3-1)11-7-5-10-9-12-7/h1-5,9H. The molecule has 0 saturated carbocycles. The van der Waals surface area contributed by atoms with Crippen LogP contribution in [0.1, 0.15) is 0 Å². The molecule has 0 fully saturated rings. The summed E-state index contributed by atoms with van der Waals surface area (Å²) in [4.78, 5) is 4.21. The maximum absolute atomic E-state index is 4.21. The Kier molecular flexibility index (Phi) is 2.99. The fourth-order valence-electron chi connectivity index (χ4n) is 0.717. The summed E-state index contributed by atoms with van der Waals surface area (Å²) in [6.07, 6.45) is 1.81. The number of rotatable bonds is 2. The van der Waals surface area contributed by atoms with E-state index in [1.54, 1.807) is 35.7 Å². The molecule has 0 aromatic carbocycles. The van der Waals surface area contributed by atoms with Crippen molar-refractivity contribution in [3.8, 4) is 0 Å². The quantitative estimate of drug-likeness (QED) is 0.763. The van der Waals surface area contributed by atoms with Gasteiger partial charge in [0.2, 0.25) is 0 Å². The molecule has 5 heteroatoms. The molecule has 1 aromatic heterocycles. The molecule has 2 rings (SSSR count). The highest BCUT2D eigenvalue weighted by Gasteiger charge is 2.07. The SMILES string of the molecule is C1=C(Sc2ccccn2)SNS1. The van der Waals surface area contributed by atoms with Crippen LogP contribution in [-0.4, -0.2) is 4.98 Å². The maximum Gasteiger partial charge on any atom is 0.101 e. The first-order valence-electron chi connectivity index (χ1n) is 3.32. The summed E-state index contributed by atoms with van der Waals surface area (Å²) in [6.45, 7) is 0. The Bertz CT molecular complexity index is 286. The molecule has 1 N–H and O–H groups in total. The number of thioether (sulfide) groups is 1. The van der Waals surface area contributed by atoms with Crippen LogP contribution in [0.25, 0.3) is 0 Å². The summed E-state index contributed by atoms with van der Waals surface area (Å²) in [6, 6.07) is 5.93. The van der Waals surface area contributed by atoms with Crippen molar-refractivity contribution in [2.75, 3.05) is 0 Å². The van der Waals surface area contributed by atoms with E-state index < -0.39 is 0 Å². The molecule has 1 aromatic rings. The maximum atomic E-state index is 4.21. The van der Waals surface area contributed by atoms with Crippen LogP contribution in [0.4, 0.5) is 0 Å². The van der Waals surface area contributed by atoms with Gasteiger partial charge in [-0.15, -0.1) is 0 Å². The first-order chi connectivity index (χ1) is 5.95. The highest BCUT2D eigenvalue weighted by atomic mass is 32.2. The summed E-state index contributed by atoms with van der Waals surface area (Å²) in [5.74, 6) is 0. The lowest BCUT2D eigenvalue weighted by Gasteiger charge is -1.97. The molecular formula is C7H6N2S3. The van der Waals surface area contributed by atoms with Crippen molar-refractivity contribution < 1.29 is 0 Å². The van der Waals surface area contributed by atoms with Crippen molar-refractivity contribution in [1.82, 2.24) is 9.11 Å². The lowest BCUT2D eigenvalue weighted by molar-refractivity contribution is 1.14. The zero-order valence-electron chi connectivity index (χ0n) is 6.06. The average molecular weight is 214 g/mol. The van der Waals surface area contributed by atoms with Gasteiger partial charge in [-0.3, -0.25) is 0 Å². The molecule has 2 heterocycles. The third-order valence-corrected chi connectivity index (χ3v) is 4.15. The highest BCUT2D eigenvalue weighted by Crippen LogP contribution is 2.38. The highest BCUT2D eigenvalue weighted by molar-refractivity contribution is 8.29. The predicted octanol–water partition coefficient (Wildman–Crippen LogP) is 2.87. The average Bonchev–Trinajstić information content (AvgIpc) is 2.59. The van der Waals surface area contributed by atoms with Gasteiger partial charge in [0.25, 0.3) is 0 Å². The molecule has 12 heavy (non-hydrogen) atoms. The number of aromatic nitrogens is 1. The van der Waals surface area contributed by atoms with Crippen molar-refractivity contribution in [3.63, 3.8) is 0 Å². The van der Waals surface area contributed by atoms with Gasteiger partial charge in [0.05, 0.1) is 4.24 Å². The van der Waals surface area contributed by atoms with Crippen LogP contribution in [0.2, 0.25) is 0 Å². The lowest BCUT2D eigenvalue weighted by atomic mass is 10.5. The van der Waals surface area contributed by atoms with Crippen LogP contribution < -0.4 is 4.13 Å². The monoisotopic (exact) mass is 214 g/mol. The summed E-state index contributed by atoms with van der Waals surface area (Å²) in [7, 11) is 0. The minimum absolute atomic E-state index is 1.04. The Morgan fingerprint density at radius 1 is 1.42 bits per heavy atom. The van der Waals surface area contributed by atoms with Gasteiger partial charge in [-0.2, -0.15) is 4.13 Å². The van der Waals surface area contributed by atoms with Gasteiger partial charge in [-0.25, -0.2) is 4.98 Å². The number of nitrogens with one attached hydrogen (secondary N) is 1. The summed E-state index contributed by atoms with van der Waals surface area (Å²) < 4.78 is 4.33. The molecule has 1 aliphatic rings. The molecule has 0 amide bonds. The van der Waals surface area contributed by atoms with E-state index in [0.29, 0.717) is 0 Å². The molecule has 0 spiro atoms. The van der Waals surface area contributed by atoms with Gasteiger partial charge >= 0.3 is 0 Å². The van der Waals surface area contributed by atoms with Crippen molar-refractivity contribution >= 4 is 35.7 Å². The number of pyridine rings is 1. The van der Waals surface area contributed by atoms with E-state index in [1.807, 2.05) is 24.4 Å². The first kappa shape index (κ1) is 8.50. The molecule has 2 nitrogen and oxygen atoms in total. The Hall–Kier alpha value is -0.100. The van der Waals surface area contributed by atoms with Crippen LogP contribution in [0.3, 0.4) is 0 Å². The Labute approximate surface area is 83.9 Å². The van der Waals surface area contributed by atoms with Crippen molar-refractivity contribution in [2.24, 2.45) is 0 Å². The molecule has 1 aliphatic heterocycles. The predicted molar refractivity (Wildman–Crippen MR) is 56.5 cm³/mol. The number of nitrogens with zero attached hydrogens (tertiary/aromatic N) is 1. The molecule has 62 valence electrons. The summed E-state index contributed by atoms with van der Waals surface area (Å²) in [5, 5.41) is 3.13. The molecule has 0 unspecified atom stereocenters. The molecule has 0 atom stereocenters. The first-order valence-corrected chi connectivity index (χ1v) is 5.83. The van der Waals surface area contributed by atoms with E-state index in [2.05, 4.69) is 14.5 Å². The zero-order valence-corrected chi connectivity index (χ0v) is 8.51. The van der Waals surface area contributed by atoms with E-state index in [-0.39, 0.29) is 0 Å². The minimum atomic E-state index is 1.04. The fraction of sp³-hybridized carbons (Fsp3) is 0. The van der Waals surface area contributed by atoms with Crippen molar-refractivity contribution in [1.29, 1.82) is 0 Å². The van der Waals surface area contributed by atoms with Crippen LogP contribution in [0.15, 0.2) is 39.1 Å². The van der Waals surface area contributed by atoms with Gasteiger partial charge in [0.1, 0.15) is 5.03 Å². The van der Waals surface area contributed by atoms with Crippen molar-refractivity contribution in [2.45, 2.75) is 5.03 Å². The number of hydrogen-bond acceptors (Lipinski definition) is 5. The van der Waals surface area contributed by atoms with Gasteiger partial charge in [-0.1, -0.05) is 17.8 Å². The molecule has 0 bridgehead atoms.